The van der Waals surface area contributed by atoms with E-state index in [1.807, 2.05) is 44.2 Å². The molecule has 1 aliphatic carbocycles. The minimum absolute atomic E-state index is 0.158. The molecule has 26 heavy (non-hydrogen) atoms. The summed E-state index contributed by atoms with van der Waals surface area (Å²) in [4.78, 5) is 24.2. The standard InChI is InChI=1S/C21H24N2O3/c1-14-7-8-15(2)19(11-14)26-13-20(24)22-23-21(25)18-10-9-16-5-3-4-6-17(16)12-18/h7-12H,3-6,13H2,1-2H3,(H,22,24)(H,23,25). The number of carbonyl (C=O) groups excluding carboxylic acids is 2. The molecule has 2 amide bonds. The number of benzene rings is 2. The topological polar surface area (TPSA) is 67.4 Å². The van der Waals surface area contributed by atoms with Crippen molar-refractivity contribution in [3.05, 3.63) is 64.2 Å². The number of hydrogen-bond acceptors (Lipinski definition) is 3. The van der Waals surface area contributed by atoms with Crippen LogP contribution in [0.4, 0.5) is 0 Å². The molecule has 5 nitrogen and oxygen atoms in total. The van der Waals surface area contributed by atoms with E-state index in [0.29, 0.717) is 11.3 Å². The number of fused-ring (bicyclic) bond motifs is 1. The molecule has 0 radical (unpaired) electrons. The van der Waals surface area contributed by atoms with Crippen LogP contribution in [0.2, 0.25) is 0 Å². The molecule has 3 rings (SSSR count). The molecule has 0 fully saturated rings. The molecule has 2 aromatic carbocycles. The van der Waals surface area contributed by atoms with Crippen molar-refractivity contribution >= 4 is 11.8 Å². The van der Waals surface area contributed by atoms with Crippen molar-refractivity contribution in [2.45, 2.75) is 39.5 Å². The first kappa shape index (κ1) is 18.0. The van der Waals surface area contributed by atoms with E-state index in [1.165, 1.54) is 17.5 Å². The highest BCUT2D eigenvalue weighted by atomic mass is 16.5. The molecule has 2 N–H and O–H groups in total. The van der Waals surface area contributed by atoms with Gasteiger partial charge in [-0.05, 0) is 80.0 Å². The Balaban J connectivity index is 1.51. The van der Waals surface area contributed by atoms with Crippen LogP contribution in [0.1, 0.15) is 45.5 Å². The lowest BCUT2D eigenvalue weighted by Gasteiger charge is -2.16. The molecule has 2 aromatic rings. The van der Waals surface area contributed by atoms with Crippen LogP contribution in [0.15, 0.2) is 36.4 Å². The number of nitrogens with one attached hydrogen (secondary N) is 2. The Bertz CT molecular complexity index is 830. The van der Waals surface area contributed by atoms with Crippen LogP contribution in [0, 0.1) is 13.8 Å². The number of rotatable bonds is 4. The number of amides is 2. The predicted octanol–water partition coefficient (Wildman–Crippen LogP) is 3.02. The van der Waals surface area contributed by atoms with Crippen molar-refractivity contribution in [3.63, 3.8) is 0 Å². The molecule has 0 aromatic heterocycles. The van der Waals surface area contributed by atoms with Gasteiger partial charge in [0.25, 0.3) is 11.8 Å². The Morgan fingerprint density at radius 3 is 2.54 bits per heavy atom. The van der Waals surface area contributed by atoms with E-state index in [4.69, 9.17) is 4.74 Å². The molecule has 136 valence electrons. The van der Waals surface area contributed by atoms with Crippen molar-refractivity contribution in [2.75, 3.05) is 6.61 Å². The lowest BCUT2D eigenvalue weighted by atomic mass is 9.90. The summed E-state index contributed by atoms with van der Waals surface area (Å²) in [6.45, 7) is 3.73. The second-order valence-corrected chi connectivity index (χ2v) is 6.75. The number of hydrogen-bond donors (Lipinski definition) is 2. The van der Waals surface area contributed by atoms with Gasteiger partial charge in [-0.25, -0.2) is 0 Å². The summed E-state index contributed by atoms with van der Waals surface area (Å²) in [6.07, 6.45) is 4.44. The van der Waals surface area contributed by atoms with Crippen molar-refractivity contribution in [2.24, 2.45) is 0 Å². The van der Waals surface area contributed by atoms with Crippen LogP contribution in [-0.4, -0.2) is 18.4 Å². The van der Waals surface area contributed by atoms with Crippen molar-refractivity contribution < 1.29 is 14.3 Å². The van der Waals surface area contributed by atoms with E-state index in [-0.39, 0.29) is 12.5 Å². The number of ether oxygens (including phenoxy) is 1. The van der Waals surface area contributed by atoms with Crippen LogP contribution >= 0.6 is 0 Å². The fraction of sp³-hybridized carbons (Fsp3) is 0.333. The fourth-order valence-corrected chi connectivity index (χ4v) is 3.12. The summed E-state index contributed by atoms with van der Waals surface area (Å²) in [6, 6.07) is 11.5. The minimum atomic E-state index is -0.405. The monoisotopic (exact) mass is 352 g/mol. The van der Waals surface area contributed by atoms with Gasteiger partial charge in [-0.1, -0.05) is 18.2 Å². The number of aryl methyl sites for hydroxylation is 4. The van der Waals surface area contributed by atoms with Gasteiger partial charge in [-0.15, -0.1) is 0 Å². The van der Waals surface area contributed by atoms with E-state index in [9.17, 15) is 9.59 Å². The van der Waals surface area contributed by atoms with Gasteiger partial charge in [0.2, 0.25) is 0 Å². The zero-order chi connectivity index (χ0) is 18.5. The lowest BCUT2D eigenvalue weighted by Crippen LogP contribution is -2.43. The van der Waals surface area contributed by atoms with E-state index in [2.05, 4.69) is 10.9 Å². The van der Waals surface area contributed by atoms with E-state index in [1.54, 1.807) is 6.07 Å². The fourth-order valence-electron chi connectivity index (χ4n) is 3.12. The minimum Gasteiger partial charge on any atom is -0.483 e. The first-order chi connectivity index (χ1) is 12.5. The van der Waals surface area contributed by atoms with Crippen LogP contribution in [0.5, 0.6) is 5.75 Å². The Labute approximate surface area is 153 Å². The molecule has 0 saturated heterocycles. The third-order valence-electron chi connectivity index (χ3n) is 4.63. The number of hydrazine groups is 1. The average Bonchev–Trinajstić information content (AvgIpc) is 2.66. The zero-order valence-electron chi connectivity index (χ0n) is 15.2. The quantitative estimate of drug-likeness (QED) is 0.831. The summed E-state index contributed by atoms with van der Waals surface area (Å²) in [5, 5.41) is 0. The third kappa shape index (κ3) is 4.42. The third-order valence-corrected chi connectivity index (χ3v) is 4.63. The SMILES string of the molecule is Cc1ccc(C)c(OCC(=O)NNC(=O)c2ccc3c(c2)CCCC3)c1. The first-order valence-electron chi connectivity index (χ1n) is 8.94. The van der Waals surface area contributed by atoms with Crippen molar-refractivity contribution in [3.8, 4) is 5.75 Å². The average molecular weight is 352 g/mol. The molecule has 0 spiro atoms. The molecule has 0 bridgehead atoms. The van der Waals surface area contributed by atoms with Crippen LogP contribution < -0.4 is 15.6 Å². The summed E-state index contributed by atoms with van der Waals surface area (Å²) in [7, 11) is 0. The molecular formula is C21H24N2O3. The van der Waals surface area contributed by atoms with Gasteiger partial charge in [0.1, 0.15) is 5.75 Å². The maximum atomic E-state index is 12.2. The van der Waals surface area contributed by atoms with Gasteiger partial charge in [0.05, 0.1) is 0 Å². The molecule has 0 unspecified atom stereocenters. The maximum absolute atomic E-state index is 12.2. The number of carbonyl (C=O) groups is 2. The predicted molar refractivity (Wildman–Crippen MR) is 100 cm³/mol. The smallest absolute Gasteiger partial charge is 0.276 e. The Kier molecular flexibility index (Phi) is 5.56. The maximum Gasteiger partial charge on any atom is 0.276 e. The van der Waals surface area contributed by atoms with Crippen LogP contribution in [-0.2, 0) is 17.6 Å². The van der Waals surface area contributed by atoms with Crippen molar-refractivity contribution in [1.82, 2.24) is 10.9 Å². The second kappa shape index (κ2) is 8.04. The largest absolute Gasteiger partial charge is 0.483 e. The van der Waals surface area contributed by atoms with Gasteiger partial charge in [-0.2, -0.15) is 0 Å². The van der Waals surface area contributed by atoms with Gasteiger partial charge in [0.15, 0.2) is 6.61 Å². The van der Waals surface area contributed by atoms with E-state index >= 15 is 0 Å². The summed E-state index contributed by atoms with van der Waals surface area (Å²) in [5.41, 5.74) is 9.98. The summed E-state index contributed by atoms with van der Waals surface area (Å²) in [5.74, 6) is -0.0585. The molecule has 5 heteroatoms. The highest BCUT2D eigenvalue weighted by Gasteiger charge is 2.13. The van der Waals surface area contributed by atoms with Crippen LogP contribution in [0.25, 0.3) is 0 Å². The second-order valence-electron chi connectivity index (χ2n) is 6.75. The molecule has 0 saturated carbocycles. The van der Waals surface area contributed by atoms with Gasteiger partial charge in [0, 0.05) is 5.56 Å². The molecular weight excluding hydrogens is 328 g/mol. The van der Waals surface area contributed by atoms with Crippen molar-refractivity contribution in [1.29, 1.82) is 0 Å². The van der Waals surface area contributed by atoms with Gasteiger partial charge in [-0.3, -0.25) is 20.4 Å². The molecule has 0 heterocycles. The lowest BCUT2D eigenvalue weighted by molar-refractivity contribution is -0.123. The normalized spacial score (nSPS) is 12.8. The molecule has 1 aliphatic rings. The summed E-state index contributed by atoms with van der Waals surface area (Å²) >= 11 is 0. The molecule has 0 aliphatic heterocycles. The van der Waals surface area contributed by atoms with Crippen LogP contribution in [0.3, 0.4) is 0 Å². The highest BCUT2D eigenvalue weighted by molar-refractivity contribution is 5.95. The molecule has 0 atom stereocenters. The van der Waals surface area contributed by atoms with E-state index in [0.717, 1.165) is 30.4 Å². The summed E-state index contributed by atoms with van der Waals surface area (Å²) < 4.78 is 5.53. The Morgan fingerprint density at radius 1 is 0.962 bits per heavy atom. The Hall–Kier alpha value is -2.82. The highest BCUT2D eigenvalue weighted by Crippen LogP contribution is 2.22. The van der Waals surface area contributed by atoms with E-state index < -0.39 is 5.91 Å². The first-order valence-corrected chi connectivity index (χ1v) is 8.94. The van der Waals surface area contributed by atoms with Gasteiger partial charge >= 0.3 is 0 Å². The van der Waals surface area contributed by atoms with Gasteiger partial charge < -0.3 is 4.74 Å². The zero-order valence-corrected chi connectivity index (χ0v) is 15.2. The Morgan fingerprint density at radius 2 is 1.73 bits per heavy atom.